The lowest BCUT2D eigenvalue weighted by atomic mass is 9.88. The van der Waals surface area contributed by atoms with Gasteiger partial charge in [-0.3, -0.25) is 9.69 Å². The molecule has 0 aliphatic carbocycles. The number of nitrogens with one attached hydrogen (secondary N) is 2. The van der Waals surface area contributed by atoms with E-state index in [1.165, 1.54) is 16.5 Å². The van der Waals surface area contributed by atoms with Crippen LogP contribution in [-0.4, -0.2) is 32.9 Å². The van der Waals surface area contributed by atoms with E-state index in [9.17, 15) is 4.79 Å². The number of rotatable bonds is 3. The van der Waals surface area contributed by atoms with Crippen molar-refractivity contribution in [2.75, 3.05) is 13.1 Å². The molecule has 0 saturated carbocycles. The van der Waals surface area contributed by atoms with Gasteiger partial charge in [-0.25, -0.2) is 4.98 Å². The van der Waals surface area contributed by atoms with Gasteiger partial charge >= 0.3 is 0 Å². The molecule has 1 fully saturated rings. The number of piperidine rings is 1. The van der Waals surface area contributed by atoms with Crippen molar-refractivity contribution in [3.05, 3.63) is 76.5 Å². The molecule has 5 heteroatoms. The van der Waals surface area contributed by atoms with Crippen molar-refractivity contribution >= 4 is 21.8 Å². The minimum Gasteiger partial charge on any atom is -0.361 e. The monoisotopic (exact) mass is 372 g/mol. The summed E-state index contributed by atoms with van der Waals surface area (Å²) in [7, 11) is 0. The Kier molecular flexibility index (Phi) is 4.24. The van der Waals surface area contributed by atoms with Gasteiger partial charge in [-0.1, -0.05) is 30.3 Å². The quantitative estimate of drug-likeness (QED) is 0.562. The Balaban J connectivity index is 1.35. The first-order valence-corrected chi connectivity index (χ1v) is 10.00. The molecular weight excluding hydrogens is 348 g/mol. The Morgan fingerprint density at radius 3 is 2.57 bits per heavy atom. The highest BCUT2D eigenvalue weighted by molar-refractivity contribution is 5.83. The maximum absolute atomic E-state index is 12.4. The van der Waals surface area contributed by atoms with Crippen molar-refractivity contribution in [1.29, 1.82) is 0 Å². The highest BCUT2D eigenvalue weighted by Crippen LogP contribution is 2.35. The second kappa shape index (κ2) is 6.91. The molecule has 0 unspecified atom stereocenters. The van der Waals surface area contributed by atoms with E-state index in [-0.39, 0.29) is 11.6 Å². The van der Waals surface area contributed by atoms with Crippen LogP contribution in [0.25, 0.3) is 21.8 Å². The van der Waals surface area contributed by atoms with Gasteiger partial charge in [0.25, 0.3) is 5.56 Å². The molecule has 1 aliphatic rings. The van der Waals surface area contributed by atoms with Crippen LogP contribution in [0, 0.1) is 0 Å². The van der Waals surface area contributed by atoms with Crippen molar-refractivity contribution in [1.82, 2.24) is 19.9 Å². The van der Waals surface area contributed by atoms with Crippen LogP contribution >= 0.6 is 0 Å². The summed E-state index contributed by atoms with van der Waals surface area (Å²) in [6.45, 7) is 4.14. The Bertz CT molecular complexity index is 1180. The number of hydrogen-bond donors (Lipinski definition) is 2. The van der Waals surface area contributed by atoms with Crippen molar-refractivity contribution in [2.45, 2.75) is 31.7 Å². The second-order valence-corrected chi connectivity index (χ2v) is 7.74. The molecule has 28 heavy (non-hydrogen) atoms. The SMILES string of the molecule is C[C@@H](c1nc2ccccc2c(=O)[nH]1)N1CCC(c2c[nH]c3ccccc23)CC1. The number of fused-ring (bicyclic) bond motifs is 2. The Morgan fingerprint density at radius 1 is 1.04 bits per heavy atom. The van der Waals surface area contributed by atoms with Gasteiger partial charge in [-0.15, -0.1) is 0 Å². The molecule has 0 bridgehead atoms. The fourth-order valence-corrected chi connectivity index (χ4v) is 4.50. The normalized spacial score (nSPS) is 17.3. The van der Waals surface area contributed by atoms with Gasteiger partial charge in [0.1, 0.15) is 5.82 Å². The molecule has 142 valence electrons. The first-order chi connectivity index (χ1) is 13.7. The number of hydrogen-bond acceptors (Lipinski definition) is 3. The molecular formula is C23H24N4O. The molecule has 0 spiro atoms. The van der Waals surface area contributed by atoms with E-state index < -0.39 is 0 Å². The maximum Gasteiger partial charge on any atom is 0.258 e. The van der Waals surface area contributed by atoms with E-state index >= 15 is 0 Å². The number of aromatic nitrogens is 3. The van der Waals surface area contributed by atoms with E-state index in [2.05, 4.69) is 52.3 Å². The number of H-pyrrole nitrogens is 2. The predicted octanol–water partition coefficient (Wildman–Crippen LogP) is 4.35. The summed E-state index contributed by atoms with van der Waals surface area (Å²) in [6.07, 6.45) is 4.41. The van der Waals surface area contributed by atoms with Gasteiger partial charge in [0.15, 0.2) is 0 Å². The lowest BCUT2D eigenvalue weighted by Gasteiger charge is -2.35. The van der Waals surface area contributed by atoms with E-state index in [0.29, 0.717) is 11.3 Å². The molecule has 0 radical (unpaired) electrons. The molecule has 2 aromatic heterocycles. The molecule has 4 aromatic rings. The minimum absolute atomic E-state index is 0.0545. The first kappa shape index (κ1) is 17.2. The third-order valence-electron chi connectivity index (χ3n) is 6.17. The van der Waals surface area contributed by atoms with Gasteiger partial charge in [-0.05, 0) is 62.5 Å². The highest BCUT2D eigenvalue weighted by Gasteiger charge is 2.27. The van der Waals surface area contributed by atoms with Gasteiger partial charge in [0.2, 0.25) is 0 Å². The van der Waals surface area contributed by atoms with Crippen LogP contribution in [0.3, 0.4) is 0 Å². The van der Waals surface area contributed by atoms with Crippen molar-refractivity contribution in [3.63, 3.8) is 0 Å². The molecule has 1 aliphatic heterocycles. The molecule has 2 N–H and O–H groups in total. The van der Waals surface area contributed by atoms with E-state index in [4.69, 9.17) is 4.98 Å². The molecule has 5 nitrogen and oxygen atoms in total. The molecule has 5 rings (SSSR count). The number of nitrogens with zero attached hydrogens (tertiary/aromatic N) is 2. The lowest BCUT2D eigenvalue weighted by Crippen LogP contribution is -2.36. The smallest absolute Gasteiger partial charge is 0.258 e. The van der Waals surface area contributed by atoms with Crippen molar-refractivity contribution in [3.8, 4) is 0 Å². The Morgan fingerprint density at radius 2 is 1.75 bits per heavy atom. The summed E-state index contributed by atoms with van der Waals surface area (Å²) in [6, 6.07) is 16.2. The summed E-state index contributed by atoms with van der Waals surface area (Å²) in [5.74, 6) is 1.33. The van der Waals surface area contributed by atoms with Crippen LogP contribution in [-0.2, 0) is 0 Å². The van der Waals surface area contributed by atoms with Crippen molar-refractivity contribution in [2.24, 2.45) is 0 Å². The second-order valence-electron chi connectivity index (χ2n) is 7.74. The third kappa shape index (κ3) is 2.92. The number of para-hydroxylation sites is 2. The fraction of sp³-hybridized carbons (Fsp3) is 0.304. The zero-order chi connectivity index (χ0) is 19.1. The van der Waals surface area contributed by atoms with Crippen LogP contribution in [0.2, 0.25) is 0 Å². The van der Waals surface area contributed by atoms with Crippen LogP contribution in [0.5, 0.6) is 0 Å². The maximum atomic E-state index is 12.4. The summed E-state index contributed by atoms with van der Waals surface area (Å²) in [4.78, 5) is 26.0. The standard InChI is InChI=1S/C23H24N4O/c1-15(22-25-21-9-5-3-7-18(21)23(28)26-22)27-12-10-16(11-13-27)19-14-24-20-8-4-2-6-17(19)20/h2-9,14-16,24H,10-13H2,1H3,(H,25,26,28)/t15-/m0/s1. The lowest BCUT2D eigenvalue weighted by molar-refractivity contribution is 0.157. The number of aromatic amines is 2. The Labute approximate surface area is 163 Å². The summed E-state index contributed by atoms with van der Waals surface area (Å²) in [5.41, 5.74) is 3.36. The van der Waals surface area contributed by atoms with E-state index in [0.717, 1.165) is 37.3 Å². The fourth-order valence-electron chi connectivity index (χ4n) is 4.50. The van der Waals surface area contributed by atoms with E-state index in [1.807, 2.05) is 24.3 Å². The Hall–Kier alpha value is -2.92. The third-order valence-corrected chi connectivity index (χ3v) is 6.17. The topological polar surface area (TPSA) is 64.8 Å². The average molecular weight is 372 g/mol. The molecule has 0 amide bonds. The molecule has 3 heterocycles. The van der Waals surface area contributed by atoms with Crippen LogP contribution < -0.4 is 5.56 Å². The summed E-state index contributed by atoms with van der Waals surface area (Å²) < 4.78 is 0. The number of benzene rings is 2. The van der Waals surface area contributed by atoms with E-state index in [1.54, 1.807) is 0 Å². The van der Waals surface area contributed by atoms with Crippen LogP contribution in [0.15, 0.2) is 59.5 Å². The van der Waals surface area contributed by atoms with Crippen LogP contribution in [0.1, 0.15) is 43.1 Å². The molecule has 2 aromatic carbocycles. The zero-order valence-corrected chi connectivity index (χ0v) is 16.0. The average Bonchev–Trinajstić information content (AvgIpc) is 3.17. The van der Waals surface area contributed by atoms with Crippen molar-refractivity contribution < 1.29 is 0 Å². The largest absolute Gasteiger partial charge is 0.361 e. The zero-order valence-electron chi connectivity index (χ0n) is 16.0. The molecule has 1 saturated heterocycles. The summed E-state index contributed by atoms with van der Waals surface area (Å²) in [5, 5.41) is 1.99. The first-order valence-electron chi connectivity index (χ1n) is 10.00. The highest BCUT2D eigenvalue weighted by atomic mass is 16.1. The van der Waals surface area contributed by atoms with Gasteiger partial charge < -0.3 is 9.97 Å². The number of likely N-dealkylation sites (tertiary alicyclic amines) is 1. The predicted molar refractivity (Wildman–Crippen MR) is 113 cm³/mol. The summed E-state index contributed by atoms with van der Waals surface area (Å²) >= 11 is 0. The van der Waals surface area contributed by atoms with Gasteiger partial charge in [0.05, 0.1) is 16.9 Å². The minimum atomic E-state index is -0.0545. The molecule has 1 atom stereocenters. The van der Waals surface area contributed by atoms with Gasteiger partial charge in [0, 0.05) is 17.1 Å². The van der Waals surface area contributed by atoms with Gasteiger partial charge in [-0.2, -0.15) is 0 Å². The van der Waals surface area contributed by atoms with Crippen LogP contribution in [0.4, 0.5) is 0 Å².